The second-order valence-corrected chi connectivity index (χ2v) is 13.2. The number of rotatable bonds is 14. The lowest BCUT2D eigenvalue weighted by atomic mass is 9.85. The van der Waals surface area contributed by atoms with Gasteiger partial charge in [0.2, 0.25) is 29.3 Å². The van der Waals surface area contributed by atoms with E-state index in [-0.39, 0.29) is 36.9 Å². The van der Waals surface area contributed by atoms with Crippen molar-refractivity contribution in [2.24, 2.45) is 11.3 Å². The van der Waals surface area contributed by atoms with Gasteiger partial charge in [0, 0.05) is 43.0 Å². The van der Waals surface area contributed by atoms with E-state index in [0.717, 1.165) is 12.8 Å². The molecule has 5 atom stereocenters. The van der Waals surface area contributed by atoms with Crippen molar-refractivity contribution in [1.82, 2.24) is 30.7 Å². The Hall–Kier alpha value is -3.88. The van der Waals surface area contributed by atoms with Crippen LogP contribution in [0.15, 0.2) is 24.5 Å². The summed E-state index contributed by atoms with van der Waals surface area (Å²) in [4.78, 5) is 86.3. The molecule has 2 saturated heterocycles. The van der Waals surface area contributed by atoms with E-state index >= 15 is 0 Å². The van der Waals surface area contributed by atoms with E-state index in [2.05, 4.69) is 20.5 Å². The normalized spacial score (nSPS) is 21.3. The van der Waals surface area contributed by atoms with Crippen LogP contribution in [-0.2, 0) is 24.0 Å². The smallest absolute Gasteiger partial charge is 0.356 e. The number of hydrogen-bond donors (Lipinski definition) is 3. The fourth-order valence-corrected chi connectivity index (χ4v) is 6.11. The Labute approximate surface area is 272 Å². The largest absolute Gasteiger partial charge is 0.471 e. The standard InChI is InChI=1S/C32H45F3N6O6/c1-6-14-40(15-7-2)21-17-23(41(18-21)29(46)26(31(3,4)5)39-30(47)32(33,34)35)28(45)38-22(16-20-10-13-37-27(20)44)25(43)24(42)19-8-11-36-12-9-19/h8-9,11-12,20-23,26H,6-7,10,13-18H2,1-5H3,(H,37,44)(H,38,45)(H,39,47)/t20?,21-,22?,23+,26-/m1/s1. The van der Waals surface area contributed by atoms with Gasteiger partial charge in [-0.25, -0.2) is 0 Å². The van der Waals surface area contributed by atoms with Crippen molar-refractivity contribution in [3.05, 3.63) is 30.1 Å². The first-order chi connectivity index (χ1) is 22.0. The van der Waals surface area contributed by atoms with Crippen LogP contribution in [-0.4, -0.2) is 107 Å². The molecule has 1 aromatic rings. The SMILES string of the molecule is CCCN(CCC)[C@@H]1C[C@@H](C(=O)NC(CC2CCNC2=O)C(=O)C(=O)c2ccncc2)N(C(=O)[C@@H](NC(=O)C(F)(F)F)C(C)(C)C)C1. The minimum Gasteiger partial charge on any atom is -0.356 e. The van der Waals surface area contributed by atoms with Gasteiger partial charge >= 0.3 is 12.1 Å². The summed E-state index contributed by atoms with van der Waals surface area (Å²) < 4.78 is 39.8. The number of amides is 4. The van der Waals surface area contributed by atoms with Gasteiger partial charge in [0.25, 0.3) is 0 Å². The molecule has 12 nitrogen and oxygen atoms in total. The Kier molecular flexibility index (Phi) is 12.6. The van der Waals surface area contributed by atoms with Gasteiger partial charge in [-0.2, -0.15) is 13.2 Å². The van der Waals surface area contributed by atoms with Crippen molar-refractivity contribution >= 4 is 35.2 Å². The molecule has 2 unspecified atom stereocenters. The molecule has 0 aromatic carbocycles. The number of nitrogens with zero attached hydrogens (tertiary/aromatic N) is 3. The molecule has 2 aliphatic heterocycles. The van der Waals surface area contributed by atoms with Gasteiger partial charge < -0.3 is 20.9 Å². The van der Waals surface area contributed by atoms with Gasteiger partial charge in [-0.15, -0.1) is 0 Å². The summed E-state index contributed by atoms with van der Waals surface area (Å²) in [7, 11) is 0. The monoisotopic (exact) mass is 666 g/mol. The van der Waals surface area contributed by atoms with Crippen LogP contribution in [0.25, 0.3) is 0 Å². The Morgan fingerprint density at radius 3 is 2.17 bits per heavy atom. The number of pyridine rings is 1. The van der Waals surface area contributed by atoms with Crippen LogP contribution in [0, 0.1) is 11.3 Å². The van der Waals surface area contributed by atoms with Crippen molar-refractivity contribution in [2.75, 3.05) is 26.2 Å². The summed E-state index contributed by atoms with van der Waals surface area (Å²) >= 11 is 0. The number of nitrogens with one attached hydrogen (secondary N) is 3. The predicted molar refractivity (Wildman–Crippen MR) is 165 cm³/mol. The van der Waals surface area contributed by atoms with Crippen molar-refractivity contribution in [3.63, 3.8) is 0 Å². The van der Waals surface area contributed by atoms with Gasteiger partial charge in [-0.3, -0.25) is 38.7 Å². The maximum absolute atomic E-state index is 14.1. The number of carbonyl (C=O) groups is 6. The molecular formula is C32H45F3N6O6. The lowest BCUT2D eigenvalue weighted by Gasteiger charge is -2.36. The second kappa shape index (κ2) is 15.8. The lowest BCUT2D eigenvalue weighted by molar-refractivity contribution is -0.176. The van der Waals surface area contributed by atoms with Gasteiger partial charge in [0.05, 0.1) is 6.04 Å². The van der Waals surface area contributed by atoms with Crippen LogP contribution in [0.2, 0.25) is 0 Å². The third-order valence-electron chi connectivity index (χ3n) is 8.53. The zero-order chi connectivity index (χ0) is 35.1. The van der Waals surface area contributed by atoms with Gasteiger partial charge in [0.1, 0.15) is 12.1 Å². The Morgan fingerprint density at radius 2 is 1.66 bits per heavy atom. The first-order valence-electron chi connectivity index (χ1n) is 16.0. The summed E-state index contributed by atoms with van der Waals surface area (Å²) in [5.41, 5.74) is -1.13. The summed E-state index contributed by atoms with van der Waals surface area (Å²) in [6, 6.07) is -1.94. The summed E-state index contributed by atoms with van der Waals surface area (Å²) in [5.74, 6) is -6.78. The van der Waals surface area contributed by atoms with E-state index in [0.29, 0.717) is 26.1 Å². The zero-order valence-corrected chi connectivity index (χ0v) is 27.5. The minimum atomic E-state index is -5.24. The molecule has 0 spiro atoms. The summed E-state index contributed by atoms with van der Waals surface area (Å²) in [6.45, 7) is 10.1. The molecule has 2 aliphatic rings. The van der Waals surface area contributed by atoms with Crippen LogP contribution in [0.1, 0.15) is 77.1 Å². The quantitative estimate of drug-likeness (QED) is 0.201. The molecule has 260 valence electrons. The maximum atomic E-state index is 14.1. The number of aromatic nitrogens is 1. The number of alkyl halides is 3. The highest BCUT2D eigenvalue weighted by Gasteiger charge is 2.49. The second-order valence-electron chi connectivity index (χ2n) is 13.2. The first kappa shape index (κ1) is 37.6. The van der Waals surface area contributed by atoms with Crippen molar-refractivity contribution in [2.45, 2.75) is 97.1 Å². The molecule has 1 aromatic heterocycles. The van der Waals surface area contributed by atoms with E-state index in [4.69, 9.17) is 0 Å². The van der Waals surface area contributed by atoms with E-state index in [1.165, 1.54) is 50.2 Å². The minimum absolute atomic E-state index is 0.00895. The van der Waals surface area contributed by atoms with E-state index in [1.54, 1.807) is 0 Å². The van der Waals surface area contributed by atoms with Crippen LogP contribution in [0.5, 0.6) is 0 Å². The Bertz CT molecular complexity index is 1310. The summed E-state index contributed by atoms with van der Waals surface area (Å²) in [5, 5.41) is 7.12. The molecule has 0 aliphatic carbocycles. The molecular weight excluding hydrogens is 621 g/mol. The molecule has 3 heterocycles. The zero-order valence-electron chi connectivity index (χ0n) is 27.5. The van der Waals surface area contributed by atoms with Crippen LogP contribution in [0.3, 0.4) is 0 Å². The average Bonchev–Trinajstić information content (AvgIpc) is 3.64. The third kappa shape index (κ3) is 9.58. The molecule has 0 saturated carbocycles. The van der Waals surface area contributed by atoms with Crippen LogP contribution in [0.4, 0.5) is 13.2 Å². The van der Waals surface area contributed by atoms with Gasteiger partial charge in [-0.1, -0.05) is 34.6 Å². The molecule has 3 N–H and O–H groups in total. The number of halogens is 3. The molecule has 2 fully saturated rings. The average molecular weight is 667 g/mol. The van der Waals surface area contributed by atoms with Crippen molar-refractivity contribution in [3.8, 4) is 0 Å². The van der Waals surface area contributed by atoms with E-state index in [9.17, 15) is 41.9 Å². The first-order valence-corrected chi connectivity index (χ1v) is 16.0. The van der Waals surface area contributed by atoms with Gasteiger partial charge in [-0.05, 0) is 62.7 Å². The fraction of sp³-hybridized carbons (Fsp3) is 0.656. The number of ketones is 2. The lowest BCUT2D eigenvalue weighted by Crippen LogP contribution is -2.60. The topological polar surface area (TPSA) is 158 Å². The molecule has 3 rings (SSSR count). The number of hydrogen-bond acceptors (Lipinski definition) is 8. The highest BCUT2D eigenvalue weighted by molar-refractivity contribution is 6.45. The fourth-order valence-electron chi connectivity index (χ4n) is 6.11. The van der Waals surface area contributed by atoms with Crippen molar-refractivity contribution < 1.29 is 41.9 Å². The third-order valence-corrected chi connectivity index (χ3v) is 8.53. The van der Waals surface area contributed by atoms with E-state index < -0.39 is 64.9 Å². The van der Waals surface area contributed by atoms with Crippen molar-refractivity contribution in [1.29, 1.82) is 0 Å². The molecule has 0 bridgehead atoms. The van der Waals surface area contributed by atoms with E-state index in [1.807, 2.05) is 19.2 Å². The Balaban J connectivity index is 1.98. The number of likely N-dealkylation sites (tertiary alicyclic amines) is 1. The maximum Gasteiger partial charge on any atom is 0.471 e. The Morgan fingerprint density at radius 1 is 1.04 bits per heavy atom. The summed E-state index contributed by atoms with van der Waals surface area (Å²) in [6.07, 6.45) is -0.714. The molecule has 0 radical (unpaired) electrons. The molecule has 4 amide bonds. The number of carbonyl (C=O) groups excluding carboxylic acids is 6. The molecule has 15 heteroatoms. The van der Waals surface area contributed by atoms with Crippen LogP contribution >= 0.6 is 0 Å². The van der Waals surface area contributed by atoms with Crippen LogP contribution < -0.4 is 16.0 Å². The highest BCUT2D eigenvalue weighted by atomic mass is 19.4. The molecule has 47 heavy (non-hydrogen) atoms. The predicted octanol–water partition coefficient (Wildman–Crippen LogP) is 2.03. The number of Topliss-reactive ketones (excluding diaryl/α,β-unsaturated/α-hetero) is 2. The highest BCUT2D eigenvalue weighted by Crippen LogP contribution is 2.30. The van der Waals surface area contributed by atoms with Gasteiger partial charge in [0.15, 0.2) is 0 Å².